The Balaban J connectivity index is 1.88. The summed E-state index contributed by atoms with van der Waals surface area (Å²) in [5.74, 6) is 0. The lowest BCUT2D eigenvalue weighted by Gasteiger charge is -2.38. The van der Waals surface area contributed by atoms with Gasteiger partial charge in [0.1, 0.15) is 5.60 Å². The standard InChI is InChI=1S/C17H19NO/c1-17(19,14-8-3-2-4-9-14)16-12-11-13-7-5-6-10-15(13)18-16/h2-10,16,18-19H,11-12H2,1H3. The van der Waals surface area contributed by atoms with E-state index in [1.165, 1.54) is 5.56 Å². The fourth-order valence-electron chi connectivity index (χ4n) is 2.84. The predicted molar refractivity (Wildman–Crippen MR) is 78.2 cm³/mol. The van der Waals surface area contributed by atoms with Crippen molar-refractivity contribution in [3.63, 3.8) is 0 Å². The topological polar surface area (TPSA) is 32.3 Å². The van der Waals surface area contributed by atoms with Gasteiger partial charge in [0.05, 0.1) is 6.04 Å². The van der Waals surface area contributed by atoms with Crippen molar-refractivity contribution < 1.29 is 5.11 Å². The van der Waals surface area contributed by atoms with Crippen molar-refractivity contribution in [2.75, 3.05) is 5.32 Å². The molecule has 1 aliphatic heterocycles. The average Bonchev–Trinajstić information content (AvgIpc) is 2.47. The molecular weight excluding hydrogens is 234 g/mol. The minimum atomic E-state index is -0.852. The molecule has 19 heavy (non-hydrogen) atoms. The Bertz CT molecular complexity index is 562. The van der Waals surface area contributed by atoms with Crippen LogP contribution in [0.25, 0.3) is 0 Å². The number of benzene rings is 2. The van der Waals surface area contributed by atoms with Crippen molar-refractivity contribution in [1.29, 1.82) is 0 Å². The lowest BCUT2D eigenvalue weighted by Crippen LogP contribution is -2.44. The average molecular weight is 253 g/mol. The third kappa shape index (κ3) is 2.24. The van der Waals surface area contributed by atoms with Gasteiger partial charge in [0.2, 0.25) is 0 Å². The van der Waals surface area contributed by atoms with Crippen LogP contribution in [0.1, 0.15) is 24.5 Å². The van der Waals surface area contributed by atoms with Crippen LogP contribution in [0.4, 0.5) is 5.69 Å². The minimum absolute atomic E-state index is 0.0461. The molecule has 2 unspecified atom stereocenters. The molecule has 1 aliphatic rings. The highest BCUT2D eigenvalue weighted by Crippen LogP contribution is 2.34. The van der Waals surface area contributed by atoms with Crippen molar-refractivity contribution in [3.8, 4) is 0 Å². The highest BCUT2D eigenvalue weighted by atomic mass is 16.3. The highest BCUT2D eigenvalue weighted by molar-refractivity contribution is 5.54. The van der Waals surface area contributed by atoms with E-state index in [1.807, 2.05) is 43.3 Å². The number of anilines is 1. The Morgan fingerprint density at radius 3 is 2.53 bits per heavy atom. The Hall–Kier alpha value is -1.80. The van der Waals surface area contributed by atoms with Gasteiger partial charge in [-0.1, -0.05) is 48.5 Å². The van der Waals surface area contributed by atoms with Crippen LogP contribution < -0.4 is 5.32 Å². The van der Waals surface area contributed by atoms with Gasteiger partial charge in [-0.3, -0.25) is 0 Å². The third-order valence-corrected chi connectivity index (χ3v) is 4.09. The molecule has 98 valence electrons. The zero-order valence-corrected chi connectivity index (χ0v) is 11.1. The molecule has 2 aromatic rings. The Labute approximate surface area is 114 Å². The van der Waals surface area contributed by atoms with Crippen LogP contribution in [0.3, 0.4) is 0 Å². The number of nitrogens with one attached hydrogen (secondary N) is 1. The lowest BCUT2D eigenvalue weighted by atomic mass is 9.82. The maximum atomic E-state index is 10.9. The first kappa shape index (κ1) is 12.2. The molecule has 0 saturated heterocycles. The molecule has 0 amide bonds. The van der Waals surface area contributed by atoms with Gasteiger partial charge in [-0.25, -0.2) is 0 Å². The summed E-state index contributed by atoms with van der Waals surface area (Å²) in [5, 5.41) is 14.4. The second kappa shape index (κ2) is 4.71. The summed E-state index contributed by atoms with van der Waals surface area (Å²) in [6.07, 6.45) is 1.95. The van der Waals surface area contributed by atoms with E-state index in [1.54, 1.807) is 0 Å². The van der Waals surface area contributed by atoms with E-state index < -0.39 is 5.60 Å². The number of fused-ring (bicyclic) bond motifs is 1. The van der Waals surface area contributed by atoms with Crippen LogP contribution >= 0.6 is 0 Å². The molecule has 0 saturated carbocycles. The molecule has 2 nitrogen and oxygen atoms in total. The molecule has 0 aliphatic carbocycles. The van der Waals surface area contributed by atoms with Gasteiger partial charge in [-0.05, 0) is 37.0 Å². The molecule has 2 heteroatoms. The molecule has 3 rings (SSSR count). The number of para-hydroxylation sites is 1. The van der Waals surface area contributed by atoms with Gasteiger partial charge in [-0.2, -0.15) is 0 Å². The van der Waals surface area contributed by atoms with Gasteiger partial charge in [0, 0.05) is 5.69 Å². The maximum Gasteiger partial charge on any atom is 0.107 e. The van der Waals surface area contributed by atoms with E-state index in [-0.39, 0.29) is 6.04 Å². The molecule has 0 bridgehead atoms. The number of hydrogen-bond acceptors (Lipinski definition) is 2. The van der Waals surface area contributed by atoms with Crippen LogP contribution in [0, 0.1) is 0 Å². The van der Waals surface area contributed by atoms with Gasteiger partial charge in [-0.15, -0.1) is 0 Å². The maximum absolute atomic E-state index is 10.9. The van der Waals surface area contributed by atoms with Crippen molar-refractivity contribution in [2.45, 2.75) is 31.4 Å². The quantitative estimate of drug-likeness (QED) is 0.860. The van der Waals surface area contributed by atoms with Crippen molar-refractivity contribution in [3.05, 3.63) is 65.7 Å². The fourth-order valence-corrected chi connectivity index (χ4v) is 2.84. The first-order valence-electron chi connectivity index (χ1n) is 6.80. The van der Waals surface area contributed by atoms with Crippen LogP contribution in [-0.4, -0.2) is 11.1 Å². The molecular formula is C17H19NO. The van der Waals surface area contributed by atoms with Crippen LogP contribution in [0.2, 0.25) is 0 Å². The fraction of sp³-hybridized carbons (Fsp3) is 0.294. The number of aryl methyl sites for hydroxylation is 1. The molecule has 2 N–H and O–H groups in total. The molecule has 2 aromatic carbocycles. The molecule has 2 atom stereocenters. The highest BCUT2D eigenvalue weighted by Gasteiger charge is 2.35. The zero-order valence-electron chi connectivity index (χ0n) is 11.1. The number of aliphatic hydroxyl groups is 1. The molecule has 0 spiro atoms. The van der Waals surface area contributed by atoms with E-state index in [4.69, 9.17) is 0 Å². The summed E-state index contributed by atoms with van der Waals surface area (Å²) in [7, 11) is 0. The first-order chi connectivity index (χ1) is 9.18. The molecule has 0 aromatic heterocycles. The van der Waals surface area contributed by atoms with Gasteiger partial charge < -0.3 is 10.4 Å². The van der Waals surface area contributed by atoms with Crippen molar-refractivity contribution in [1.82, 2.24) is 0 Å². The van der Waals surface area contributed by atoms with Gasteiger partial charge in [0.15, 0.2) is 0 Å². The summed E-state index contributed by atoms with van der Waals surface area (Å²) < 4.78 is 0. The molecule has 1 heterocycles. The third-order valence-electron chi connectivity index (χ3n) is 4.09. The van der Waals surface area contributed by atoms with Gasteiger partial charge >= 0.3 is 0 Å². The Morgan fingerprint density at radius 1 is 1.05 bits per heavy atom. The van der Waals surface area contributed by atoms with Crippen LogP contribution in [0.5, 0.6) is 0 Å². The molecule has 0 radical (unpaired) electrons. The predicted octanol–water partition coefficient (Wildman–Crippen LogP) is 3.32. The van der Waals surface area contributed by atoms with E-state index >= 15 is 0 Å². The van der Waals surface area contributed by atoms with E-state index in [0.29, 0.717) is 0 Å². The second-order valence-electron chi connectivity index (χ2n) is 5.41. The summed E-state index contributed by atoms with van der Waals surface area (Å²) in [6, 6.07) is 18.3. The van der Waals surface area contributed by atoms with E-state index in [9.17, 15) is 5.11 Å². The summed E-state index contributed by atoms with van der Waals surface area (Å²) in [6.45, 7) is 1.90. The lowest BCUT2D eigenvalue weighted by molar-refractivity contribution is 0.0322. The largest absolute Gasteiger partial charge is 0.383 e. The second-order valence-corrected chi connectivity index (χ2v) is 5.41. The summed E-state index contributed by atoms with van der Waals surface area (Å²) in [5.41, 5.74) is 2.60. The van der Waals surface area contributed by atoms with Crippen LogP contribution in [0.15, 0.2) is 54.6 Å². The van der Waals surface area contributed by atoms with Crippen molar-refractivity contribution in [2.24, 2.45) is 0 Å². The number of rotatable bonds is 2. The van der Waals surface area contributed by atoms with E-state index in [0.717, 1.165) is 24.1 Å². The Kier molecular flexibility index (Phi) is 3.03. The normalized spacial score (nSPS) is 21.1. The number of hydrogen-bond donors (Lipinski definition) is 2. The summed E-state index contributed by atoms with van der Waals surface area (Å²) in [4.78, 5) is 0. The molecule has 0 fully saturated rings. The van der Waals surface area contributed by atoms with E-state index in [2.05, 4.69) is 23.5 Å². The van der Waals surface area contributed by atoms with Crippen LogP contribution in [-0.2, 0) is 12.0 Å². The SMILES string of the molecule is CC(O)(c1ccccc1)C1CCc2ccccc2N1. The first-order valence-corrected chi connectivity index (χ1v) is 6.80. The zero-order chi connectivity index (χ0) is 13.3. The van der Waals surface area contributed by atoms with Crippen molar-refractivity contribution >= 4 is 5.69 Å². The monoisotopic (exact) mass is 253 g/mol. The Morgan fingerprint density at radius 2 is 1.74 bits per heavy atom. The van der Waals surface area contributed by atoms with Gasteiger partial charge in [0.25, 0.3) is 0 Å². The minimum Gasteiger partial charge on any atom is -0.383 e. The summed E-state index contributed by atoms with van der Waals surface area (Å²) >= 11 is 0. The smallest absolute Gasteiger partial charge is 0.107 e.